The Labute approximate surface area is 172 Å². The summed E-state index contributed by atoms with van der Waals surface area (Å²) in [5, 5.41) is 3.80. The van der Waals surface area contributed by atoms with Crippen molar-refractivity contribution in [3.05, 3.63) is 31.3 Å². The molecule has 4 rings (SSSR count). The molecule has 2 aromatic rings. The van der Waals surface area contributed by atoms with Gasteiger partial charge in [0.25, 0.3) is 5.56 Å². The van der Waals surface area contributed by atoms with E-state index in [1.165, 1.54) is 15.9 Å². The van der Waals surface area contributed by atoms with Crippen molar-refractivity contribution in [1.82, 2.24) is 19.4 Å². The van der Waals surface area contributed by atoms with Crippen LogP contribution in [-0.2, 0) is 24.4 Å². The Morgan fingerprint density at radius 1 is 1.31 bits per heavy atom. The van der Waals surface area contributed by atoms with Crippen LogP contribution in [0.5, 0.6) is 0 Å². The van der Waals surface area contributed by atoms with Gasteiger partial charge in [-0.2, -0.15) is 13.2 Å². The number of hydrogen-bond acceptors (Lipinski definition) is 5. The van der Waals surface area contributed by atoms with Crippen LogP contribution < -0.4 is 16.6 Å². The molecule has 0 bridgehead atoms. The predicted molar refractivity (Wildman–Crippen MR) is 107 cm³/mol. The maximum atomic E-state index is 13.0. The smallest absolute Gasteiger partial charge is 0.376 e. The molecule has 29 heavy (non-hydrogen) atoms. The van der Waals surface area contributed by atoms with Crippen LogP contribution in [0.15, 0.2) is 9.59 Å². The molecule has 1 N–H and O–H groups in total. The molecule has 2 aliphatic heterocycles. The Kier molecular flexibility index (Phi) is 5.20. The number of thiophene rings is 1. The van der Waals surface area contributed by atoms with Gasteiger partial charge in [-0.05, 0) is 31.1 Å². The van der Waals surface area contributed by atoms with Gasteiger partial charge in [0.05, 0.1) is 24.6 Å². The highest BCUT2D eigenvalue weighted by molar-refractivity contribution is 7.80. The molecule has 0 spiro atoms. The number of fused-ring (bicyclic) bond motifs is 1. The van der Waals surface area contributed by atoms with E-state index in [1.807, 2.05) is 4.90 Å². The van der Waals surface area contributed by atoms with E-state index in [0.717, 1.165) is 11.3 Å². The van der Waals surface area contributed by atoms with Crippen LogP contribution in [0, 0.1) is 6.92 Å². The number of nitrogens with one attached hydrogen (secondary N) is 1. The van der Waals surface area contributed by atoms with Crippen LogP contribution in [0.25, 0.3) is 10.2 Å². The molecule has 1 atom stereocenters. The molecule has 0 aliphatic carbocycles. The molecule has 0 aromatic carbocycles. The first kappa shape index (κ1) is 20.4. The number of thiocarbonyl (C=S) groups is 1. The summed E-state index contributed by atoms with van der Waals surface area (Å²) in [6.45, 7) is 2.61. The first-order valence-corrected chi connectivity index (χ1v) is 10.3. The number of hydrogen-bond donors (Lipinski definition) is 1. The maximum Gasteiger partial charge on any atom is 0.406 e. The zero-order valence-corrected chi connectivity index (χ0v) is 17.2. The van der Waals surface area contributed by atoms with Gasteiger partial charge in [0.2, 0.25) is 0 Å². The molecular formula is C17H19F3N4O3S2. The Balaban J connectivity index is 1.87. The van der Waals surface area contributed by atoms with Gasteiger partial charge in [0.1, 0.15) is 11.4 Å². The van der Waals surface area contributed by atoms with Gasteiger partial charge in [-0.25, -0.2) is 4.79 Å². The lowest BCUT2D eigenvalue weighted by Gasteiger charge is -2.27. The molecule has 1 unspecified atom stereocenters. The van der Waals surface area contributed by atoms with Crippen molar-refractivity contribution in [2.24, 2.45) is 0 Å². The second-order valence-electron chi connectivity index (χ2n) is 7.17. The van der Waals surface area contributed by atoms with Crippen molar-refractivity contribution in [3.8, 4) is 0 Å². The van der Waals surface area contributed by atoms with Gasteiger partial charge >= 0.3 is 11.9 Å². The molecule has 12 heteroatoms. The lowest BCUT2D eigenvalue weighted by Crippen LogP contribution is -2.45. The van der Waals surface area contributed by atoms with Gasteiger partial charge in [-0.15, -0.1) is 11.3 Å². The lowest BCUT2D eigenvalue weighted by atomic mass is 10.2. The van der Waals surface area contributed by atoms with E-state index in [4.69, 9.17) is 17.0 Å². The molecule has 4 heterocycles. The third-order valence-corrected chi connectivity index (χ3v) is 6.89. The summed E-state index contributed by atoms with van der Waals surface area (Å²) in [6, 6.07) is 0. The molecule has 2 aliphatic rings. The van der Waals surface area contributed by atoms with Crippen LogP contribution in [-0.4, -0.2) is 51.1 Å². The molecule has 2 fully saturated rings. The van der Waals surface area contributed by atoms with E-state index in [9.17, 15) is 22.8 Å². The molecule has 158 valence electrons. The summed E-state index contributed by atoms with van der Waals surface area (Å²) >= 11 is 6.51. The molecule has 2 saturated heterocycles. The van der Waals surface area contributed by atoms with Gasteiger partial charge in [0.15, 0.2) is 5.11 Å². The fourth-order valence-corrected chi connectivity index (χ4v) is 5.11. The molecule has 0 saturated carbocycles. The molecule has 0 amide bonds. The Hall–Kier alpha value is -1.92. The highest BCUT2D eigenvalue weighted by Crippen LogP contribution is 2.30. The minimum atomic E-state index is -4.68. The third-order valence-electron chi connectivity index (χ3n) is 5.19. The van der Waals surface area contributed by atoms with Crippen LogP contribution >= 0.6 is 23.6 Å². The number of alkyl halides is 3. The molecule has 2 aromatic heterocycles. The number of nitrogens with zero attached hydrogens (tertiary/aromatic N) is 3. The number of halogens is 3. The van der Waals surface area contributed by atoms with Gasteiger partial charge in [0, 0.05) is 24.6 Å². The van der Waals surface area contributed by atoms with E-state index in [1.54, 1.807) is 6.92 Å². The SMILES string of the molecule is Cc1c(CN2CCNC2=S)sc2c1c(=O)n(CC(F)(F)F)c(=O)n2CC1CCO1. The number of aromatic nitrogens is 2. The minimum absolute atomic E-state index is 0.122. The molecular weight excluding hydrogens is 429 g/mol. The van der Waals surface area contributed by atoms with Gasteiger partial charge in [-0.3, -0.25) is 13.9 Å². The normalized spacial score (nSPS) is 19.7. The van der Waals surface area contributed by atoms with E-state index in [2.05, 4.69) is 5.32 Å². The van der Waals surface area contributed by atoms with Gasteiger partial charge < -0.3 is 15.0 Å². The monoisotopic (exact) mass is 448 g/mol. The van der Waals surface area contributed by atoms with Crippen molar-refractivity contribution in [1.29, 1.82) is 0 Å². The number of aryl methyl sites for hydroxylation is 1. The van der Waals surface area contributed by atoms with Crippen LogP contribution in [0.1, 0.15) is 16.9 Å². The largest absolute Gasteiger partial charge is 0.406 e. The first-order valence-electron chi connectivity index (χ1n) is 9.12. The quantitative estimate of drug-likeness (QED) is 0.701. The van der Waals surface area contributed by atoms with E-state index in [0.29, 0.717) is 41.7 Å². The summed E-state index contributed by atoms with van der Waals surface area (Å²) in [7, 11) is 0. The van der Waals surface area contributed by atoms with E-state index >= 15 is 0 Å². The highest BCUT2D eigenvalue weighted by Gasteiger charge is 2.32. The van der Waals surface area contributed by atoms with E-state index in [-0.39, 0.29) is 22.6 Å². The lowest BCUT2D eigenvalue weighted by molar-refractivity contribution is -0.142. The van der Waals surface area contributed by atoms with E-state index < -0.39 is 24.0 Å². The van der Waals surface area contributed by atoms with Crippen LogP contribution in [0.2, 0.25) is 0 Å². The van der Waals surface area contributed by atoms with Gasteiger partial charge in [-0.1, -0.05) is 0 Å². The van der Waals surface area contributed by atoms with Crippen molar-refractivity contribution in [2.75, 3.05) is 19.7 Å². The first-order chi connectivity index (χ1) is 13.7. The maximum absolute atomic E-state index is 13.0. The second-order valence-corrected chi connectivity index (χ2v) is 8.64. The summed E-state index contributed by atoms with van der Waals surface area (Å²) in [6.07, 6.45) is -4.20. The van der Waals surface area contributed by atoms with Crippen LogP contribution in [0.3, 0.4) is 0 Å². The Bertz CT molecular complexity index is 1080. The van der Waals surface area contributed by atoms with Crippen molar-refractivity contribution in [2.45, 2.75) is 45.3 Å². The zero-order chi connectivity index (χ0) is 20.9. The second kappa shape index (κ2) is 7.40. The fraction of sp³-hybridized carbons (Fsp3) is 0.588. The van der Waals surface area contributed by atoms with Crippen molar-refractivity contribution >= 4 is 38.9 Å². The summed E-state index contributed by atoms with van der Waals surface area (Å²) < 4.78 is 46.0. The highest BCUT2D eigenvalue weighted by atomic mass is 32.1. The average molecular weight is 448 g/mol. The standard InChI is InChI=1S/C17H19F3N4O3S2/c1-9-11(7-22-4-3-21-15(22)28)29-14-12(9)13(25)24(8-17(18,19)20)16(26)23(14)6-10-2-5-27-10/h10H,2-8H2,1H3,(H,21,28). The predicted octanol–water partition coefficient (Wildman–Crippen LogP) is 1.57. The fourth-order valence-electron chi connectivity index (χ4n) is 3.54. The Morgan fingerprint density at radius 3 is 2.59 bits per heavy atom. The topological polar surface area (TPSA) is 68.5 Å². The van der Waals surface area contributed by atoms with Crippen LogP contribution in [0.4, 0.5) is 13.2 Å². The van der Waals surface area contributed by atoms with Crippen molar-refractivity contribution < 1.29 is 17.9 Å². The molecule has 7 nitrogen and oxygen atoms in total. The average Bonchev–Trinajstić information content (AvgIpc) is 3.13. The minimum Gasteiger partial charge on any atom is -0.376 e. The number of rotatable bonds is 5. The third kappa shape index (κ3) is 3.80. The number of ether oxygens (including phenoxy) is 1. The summed E-state index contributed by atoms with van der Waals surface area (Å²) in [5.41, 5.74) is -1.28. The summed E-state index contributed by atoms with van der Waals surface area (Å²) in [4.78, 5) is 28.8. The zero-order valence-electron chi connectivity index (χ0n) is 15.5. The molecule has 0 radical (unpaired) electrons. The Morgan fingerprint density at radius 2 is 2.03 bits per heavy atom. The van der Waals surface area contributed by atoms with Crippen molar-refractivity contribution in [3.63, 3.8) is 0 Å². The summed E-state index contributed by atoms with van der Waals surface area (Å²) in [5.74, 6) is 0.